The number of nitrogens with zero attached hydrogens (tertiary/aromatic N) is 1. The molecule has 14 heteroatoms. The number of hydrogen-bond acceptors (Lipinski definition) is 8. The highest BCUT2D eigenvalue weighted by Gasteiger charge is 2.47. The quantitative estimate of drug-likeness (QED) is 0.151. The third-order valence-electron chi connectivity index (χ3n) is 10.2. The molecule has 0 radical (unpaired) electrons. The van der Waals surface area contributed by atoms with Crippen molar-refractivity contribution in [2.45, 2.75) is 135 Å². The van der Waals surface area contributed by atoms with Crippen LogP contribution in [0.2, 0.25) is 0 Å². The molecule has 1 saturated heterocycles. The first-order valence-corrected chi connectivity index (χ1v) is 20.6. The summed E-state index contributed by atoms with van der Waals surface area (Å²) in [4.78, 5) is 70.1. The molecule has 1 aliphatic heterocycles. The van der Waals surface area contributed by atoms with Gasteiger partial charge in [0.15, 0.2) is 0 Å². The van der Waals surface area contributed by atoms with Crippen molar-refractivity contribution in [2.75, 3.05) is 19.3 Å². The van der Waals surface area contributed by atoms with E-state index < -0.39 is 52.6 Å². The van der Waals surface area contributed by atoms with Crippen LogP contribution in [-0.2, 0) is 36.5 Å². The smallest absolute Gasteiger partial charge is 0.315 e. The van der Waals surface area contributed by atoms with Crippen molar-refractivity contribution in [3.05, 3.63) is 16.3 Å². The summed E-state index contributed by atoms with van der Waals surface area (Å²) in [5.41, 5.74) is 5.00. The highest BCUT2D eigenvalue weighted by molar-refractivity contribution is 7.84. The first-order chi connectivity index (χ1) is 23.6. The maximum Gasteiger partial charge on any atom is 0.315 e. The Morgan fingerprint density at radius 3 is 2.30 bits per heavy atom. The normalized spacial score (nSPS) is 20.9. The van der Waals surface area contributed by atoms with Crippen LogP contribution in [0, 0.1) is 23.2 Å². The number of unbranched alkanes of at least 4 members (excludes halogenated alkanes) is 1. The molecule has 0 spiro atoms. The van der Waals surface area contributed by atoms with Crippen LogP contribution < -0.4 is 27.0 Å². The number of ketones is 1. The predicted molar refractivity (Wildman–Crippen MR) is 198 cm³/mol. The Kier molecular flexibility index (Phi) is 15.9. The molecule has 2 fully saturated rings. The van der Waals surface area contributed by atoms with Gasteiger partial charge < -0.3 is 31.9 Å². The largest absolute Gasteiger partial charge is 0.363 e. The summed E-state index contributed by atoms with van der Waals surface area (Å²) in [6.45, 7) is 13.4. The Balaban J connectivity index is 1.81. The fraction of sp³-hybridized carbons (Fsp3) is 0.750. The first kappa shape index (κ1) is 41.6. The third-order valence-corrected chi connectivity index (χ3v) is 12.3. The van der Waals surface area contributed by atoms with E-state index in [0.717, 1.165) is 48.3 Å². The van der Waals surface area contributed by atoms with Crippen molar-refractivity contribution >= 4 is 51.7 Å². The zero-order chi connectivity index (χ0) is 37.2. The summed E-state index contributed by atoms with van der Waals surface area (Å²) in [5, 5.41) is 14.3. The molecule has 5 amide bonds. The number of urea groups is 1. The van der Waals surface area contributed by atoms with E-state index in [1.807, 2.05) is 53.0 Å². The minimum atomic E-state index is -1.10. The predicted octanol–water partition coefficient (Wildman–Crippen LogP) is 3.84. The molecule has 282 valence electrons. The van der Waals surface area contributed by atoms with E-state index in [0.29, 0.717) is 32.5 Å². The van der Waals surface area contributed by atoms with Crippen molar-refractivity contribution in [1.29, 1.82) is 0 Å². The monoisotopic (exact) mass is 736 g/mol. The Labute approximate surface area is 304 Å². The average Bonchev–Trinajstić information content (AvgIpc) is 3.72. The van der Waals surface area contributed by atoms with Crippen LogP contribution in [0.25, 0.3) is 0 Å². The van der Waals surface area contributed by atoms with Gasteiger partial charge in [-0.25, -0.2) is 4.79 Å². The standard InChI is InChI=1S/C36H60N6O6S2/c1-8-9-15-25(31(43)32(37)44)39-33(45)30-24(22(2)3)16-18-42(30)34(46)29(23-13-11-10-12-14-23)41-35(47)40-28(36(4,5)6)21-38-20-26-27(50(7)48)17-19-49-26/h17,19,22-25,28-30,38H,8-16,18,20-21H2,1-7H3,(H2,37,44)(H,39,45)(H2,40,41,47)/t24-,25?,28-,29+,30+,50?/m1/s1. The summed E-state index contributed by atoms with van der Waals surface area (Å²) in [7, 11) is -1.09. The van der Waals surface area contributed by atoms with Gasteiger partial charge in [-0.3, -0.25) is 23.4 Å². The summed E-state index contributed by atoms with van der Waals surface area (Å²) < 4.78 is 12.1. The molecule has 2 aliphatic rings. The zero-order valence-electron chi connectivity index (χ0n) is 31.0. The average molecular weight is 737 g/mol. The molecule has 2 heterocycles. The molecule has 1 aromatic heterocycles. The van der Waals surface area contributed by atoms with Crippen molar-refractivity contribution in [3.8, 4) is 0 Å². The number of likely N-dealkylation sites (tertiary alicyclic amines) is 1. The number of hydrogen-bond donors (Lipinski definition) is 5. The van der Waals surface area contributed by atoms with Gasteiger partial charge in [0.25, 0.3) is 5.91 Å². The number of nitrogens with two attached hydrogens (primary N) is 1. The van der Waals surface area contributed by atoms with Crippen LogP contribution in [0.5, 0.6) is 0 Å². The van der Waals surface area contributed by atoms with Crippen LogP contribution in [0.15, 0.2) is 16.3 Å². The number of rotatable bonds is 17. The van der Waals surface area contributed by atoms with Crippen molar-refractivity contribution in [3.63, 3.8) is 0 Å². The van der Waals surface area contributed by atoms with E-state index in [1.165, 1.54) is 0 Å². The van der Waals surface area contributed by atoms with Crippen LogP contribution in [0.4, 0.5) is 4.79 Å². The minimum absolute atomic E-state index is 0.0662. The number of amides is 5. The first-order valence-electron chi connectivity index (χ1n) is 18.2. The summed E-state index contributed by atoms with van der Waals surface area (Å²) in [5.74, 6) is -2.91. The second-order valence-electron chi connectivity index (χ2n) is 15.3. The second kappa shape index (κ2) is 19.1. The van der Waals surface area contributed by atoms with Gasteiger partial charge in [-0.1, -0.05) is 73.6 Å². The molecule has 6 atom stereocenters. The van der Waals surface area contributed by atoms with Gasteiger partial charge in [0.1, 0.15) is 12.1 Å². The Bertz CT molecular complexity index is 1350. The Morgan fingerprint density at radius 2 is 1.72 bits per heavy atom. The molecular formula is C36H60N6O6S2. The maximum atomic E-state index is 14.6. The number of carbonyl (C=O) groups is 5. The summed E-state index contributed by atoms with van der Waals surface area (Å²) in [6, 6.07) is -1.61. The van der Waals surface area contributed by atoms with Crippen LogP contribution in [-0.4, -0.2) is 82.2 Å². The van der Waals surface area contributed by atoms with Crippen LogP contribution >= 0.6 is 11.3 Å². The van der Waals surface area contributed by atoms with Gasteiger partial charge in [0, 0.05) is 36.8 Å². The minimum Gasteiger partial charge on any atom is -0.363 e. The lowest BCUT2D eigenvalue weighted by Crippen LogP contribution is -2.61. The van der Waals surface area contributed by atoms with Crippen LogP contribution in [0.1, 0.15) is 104 Å². The molecule has 2 unspecified atom stereocenters. The molecule has 0 aromatic carbocycles. The topological polar surface area (TPSA) is 180 Å². The van der Waals surface area contributed by atoms with E-state index in [9.17, 15) is 28.2 Å². The van der Waals surface area contributed by atoms with Crippen molar-refractivity contribution < 1.29 is 28.2 Å². The molecule has 1 saturated carbocycles. The molecule has 12 nitrogen and oxygen atoms in total. The lowest BCUT2D eigenvalue weighted by Gasteiger charge is -2.37. The molecule has 1 aliphatic carbocycles. The van der Waals surface area contributed by atoms with E-state index >= 15 is 0 Å². The number of primary amides is 1. The van der Waals surface area contributed by atoms with E-state index in [1.54, 1.807) is 22.5 Å². The molecule has 0 bridgehead atoms. The van der Waals surface area contributed by atoms with Crippen LogP contribution in [0.3, 0.4) is 0 Å². The Morgan fingerprint density at radius 1 is 1.04 bits per heavy atom. The van der Waals surface area contributed by atoms with Gasteiger partial charge >= 0.3 is 6.03 Å². The number of Topliss-reactive ketones (excluding diaryl/α,β-unsaturated/α-hetero) is 1. The lowest BCUT2D eigenvalue weighted by molar-refractivity contribution is -0.144. The molecular weight excluding hydrogens is 677 g/mol. The van der Waals surface area contributed by atoms with Gasteiger partial charge in [0.05, 0.1) is 21.7 Å². The zero-order valence-corrected chi connectivity index (χ0v) is 32.6. The SMILES string of the molecule is CCCCC(NC(=O)[C@@H]1[C@@H](C(C)C)CCN1C(=O)[C@@H](NC(=O)N[C@H](CNCc1sccc1S(C)=O)C(C)(C)C)C1CCCCC1)C(=O)C(N)=O. The van der Waals surface area contributed by atoms with Gasteiger partial charge in [0.2, 0.25) is 17.6 Å². The number of nitrogens with one attached hydrogen (secondary N) is 4. The molecule has 50 heavy (non-hydrogen) atoms. The van der Waals surface area contributed by atoms with Crippen molar-refractivity contribution in [1.82, 2.24) is 26.2 Å². The highest BCUT2D eigenvalue weighted by Crippen LogP contribution is 2.34. The van der Waals surface area contributed by atoms with E-state index in [2.05, 4.69) is 21.3 Å². The summed E-state index contributed by atoms with van der Waals surface area (Å²) in [6.07, 6.45) is 8.46. The molecule has 1 aromatic rings. The maximum absolute atomic E-state index is 14.6. The lowest BCUT2D eigenvalue weighted by atomic mass is 9.82. The highest BCUT2D eigenvalue weighted by atomic mass is 32.2. The third kappa shape index (κ3) is 11.3. The van der Waals surface area contributed by atoms with Gasteiger partial charge in [-0.15, -0.1) is 11.3 Å². The van der Waals surface area contributed by atoms with Crippen molar-refractivity contribution in [2.24, 2.45) is 28.9 Å². The Hall–Kier alpha value is -2.84. The molecule has 6 N–H and O–H groups in total. The number of carbonyl (C=O) groups excluding carboxylic acids is 5. The second-order valence-corrected chi connectivity index (χ2v) is 17.7. The molecule has 3 rings (SSSR count). The van der Waals surface area contributed by atoms with Gasteiger partial charge in [-0.2, -0.15) is 0 Å². The van der Waals surface area contributed by atoms with E-state index in [4.69, 9.17) is 5.73 Å². The fourth-order valence-electron chi connectivity index (χ4n) is 7.19. The van der Waals surface area contributed by atoms with E-state index in [-0.39, 0.29) is 41.5 Å². The fourth-order valence-corrected chi connectivity index (χ4v) is 9.16. The van der Waals surface area contributed by atoms with Gasteiger partial charge in [-0.05, 0) is 60.3 Å². The number of thiophene rings is 1. The summed E-state index contributed by atoms with van der Waals surface area (Å²) >= 11 is 1.54.